The highest BCUT2D eigenvalue weighted by molar-refractivity contribution is 4.52. The van der Waals surface area contributed by atoms with Crippen molar-refractivity contribution in [3.8, 4) is 0 Å². The van der Waals surface area contributed by atoms with Crippen LogP contribution in [0.25, 0.3) is 0 Å². The second kappa shape index (κ2) is 5.67. The third-order valence-electron chi connectivity index (χ3n) is 1.54. The van der Waals surface area contributed by atoms with Crippen molar-refractivity contribution in [2.24, 2.45) is 5.92 Å². The van der Waals surface area contributed by atoms with E-state index in [9.17, 15) is 0 Å². The zero-order valence-corrected chi connectivity index (χ0v) is 6.39. The van der Waals surface area contributed by atoms with Crippen molar-refractivity contribution >= 4 is 0 Å². The van der Waals surface area contributed by atoms with Crippen molar-refractivity contribution in [3.63, 3.8) is 0 Å². The van der Waals surface area contributed by atoms with Crippen LogP contribution in [0.15, 0.2) is 12.8 Å². The van der Waals surface area contributed by atoms with Crippen LogP contribution in [0.5, 0.6) is 0 Å². The highest BCUT2D eigenvalue weighted by Crippen LogP contribution is 2.05. The summed E-state index contributed by atoms with van der Waals surface area (Å²) < 4.78 is 4.97. The maximum Gasteiger partial charge on any atom is 0.0875 e. The molecule has 0 saturated carbocycles. The largest absolute Gasteiger partial charge is 0.502 e. The molecular formula is C8H16O. The zero-order chi connectivity index (χ0) is 7.11. The van der Waals surface area contributed by atoms with Crippen LogP contribution in [-0.4, -0.2) is 6.61 Å². The van der Waals surface area contributed by atoms with Gasteiger partial charge in [0.1, 0.15) is 0 Å². The molecule has 0 amide bonds. The lowest BCUT2D eigenvalue weighted by Gasteiger charge is -2.05. The maximum atomic E-state index is 4.97. The predicted molar refractivity (Wildman–Crippen MR) is 40.2 cm³/mol. The molecular weight excluding hydrogens is 112 g/mol. The number of hydrogen-bond acceptors (Lipinski definition) is 1. The molecule has 0 spiro atoms. The van der Waals surface area contributed by atoms with Gasteiger partial charge in [0, 0.05) is 0 Å². The van der Waals surface area contributed by atoms with E-state index in [1.54, 1.807) is 0 Å². The van der Waals surface area contributed by atoms with Crippen LogP contribution >= 0.6 is 0 Å². The van der Waals surface area contributed by atoms with Crippen LogP contribution in [0, 0.1) is 5.92 Å². The smallest absolute Gasteiger partial charge is 0.0875 e. The molecule has 0 aliphatic rings. The molecule has 0 aromatic rings. The van der Waals surface area contributed by atoms with E-state index < -0.39 is 0 Å². The van der Waals surface area contributed by atoms with Crippen molar-refractivity contribution in [1.29, 1.82) is 0 Å². The molecule has 0 saturated heterocycles. The molecule has 0 aromatic carbocycles. The predicted octanol–water partition coefficient (Wildman–Crippen LogP) is 2.58. The highest BCUT2D eigenvalue weighted by Gasteiger charge is 1.95. The standard InChI is InChI=1S/C8H16O/c1-4-8(3)6-7-9-5-2/h5,8H,2,4,6-7H2,1,3H3. The summed E-state index contributed by atoms with van der Waals surface area (Å²) in [6, 6.07) is 0. The van der Waals surface area contributed by atoms with Crippen molar-refractivity contribution in [3.05, 3.63) is 12.8 Å². The second-order valence-corrected chi connectivity index (χ2v) is 2.34. The van der Waals surface area contributed by atoms with Gasteiger partial charge in [-0.15, -0.1) is 0 Å². The third kappa shape index (κ3) is 5.41. The first-order chi connectivity index (χ1) is 4.31. The number of hydrogen-bond donors (Lipinski definition) is 0. The fourth-order valence-corrected chi connectivity index (χ4v) is 0.557. The first-order valence-corrected chi connectivity index (χ1v) is 3.53. The van der Waals surface area contributed by atoms with E-state index in [0.717, 1.165) is 18.9 Å². The fraction of sp³-hybridized carbons (Fsp3) is 0.750. The Kier molecular flexibility index (Phi) is 5.38. The summed E-state index contributed by atoms with van der Waals surface area (Å²) >= 11 is 0. The van der Waals surface area contributed by atoms with Crippen molar-refractivity contribution in [2.45, 2.75) is 26.7 Å². The Bertz CT molecular complexity index is 69.0. The molecule has 0 aliphatic heterocycles. The molecule has 0 aromatic heterocycles. The molecule has 54 valence electrons. The van der Waals surface area contributed by atoms with Gasteiger partial charge >= 0.3 is 0 Å². The lowest BCUT2D eigenvalue weighted by molar-refractivity contribution is 0.225. The van der Waals surface area contributed by atoms with Crippen LogP contribution in [0.1, 0.15) is 26.7 Å². The van der Waals surface area contributed by atoms with E-state index in [1.165, 1.54) is 12.7 Å². The topological polar surface area (TPSA) is 9.23 Å². The molecule has 1 nitrogen and oxygen atoms in total. The molecule has 0 N–H and O–H groups in total. The van der Waals surface area contributed by atoms with E-state index in [0.29, 0.717) is 0 Å². The van der Waals surface area contributed by atoms with Gasteiger partial charge in [0.2, 0.25) is 0 Å². The minimum absolute atomic E-state index is 0.782. The molecule has 0 heterocycles. The van der Waals surface area contributed by atoms with Gasteiger partial charge < -0.3 is 4.74 Å². The summed E-state index contributed by atoms with van der Waals surface area (Å²) in [5.41, 5.74) is 0. The maximum absolute atomic E-state index is 4.97. The van der Waals surface area contributed by atoms with E-state index in [4.69, 9.17) is 4.74 Å². The Morgan fingerprint density at radius 1 is 1.67 bits per heavy atom. The van der Waals surface area contributed by atoms with E-state index in [1.807, 2.05) is 0 Å². The molecule has 1 atom stereocenters. The lowest BCUT2D eigenvalue weighted by atomic mass is 10.1. The molecule has 0 aliphatic carbocycles. The van der Waals surface area contributed by atoms with Gasteiger partial charge in [-0.1, -0.05) is 26.8 Å². The average molecular weight is 128 g/mol. The first kappa shape index (κ1) is 8.54. The van der Waals surface area contributed by atoms with Crippen molar-refractivity contribution in [2.75, 3.05) is 6.61 Å². The summed E-state index contributed by atoms with van der Waals surface area (Å²) in [5.74, 6) is 0.782. The quantitative estimate of drug-likeness (QED) is 0.408. The van der Waals surface area contributed by atoms with Gasteiger partial charge in [-0.25, -0.2) is 0 Å². The lowest BCUT2D eigenvalue weighted by Crippen LogP contribution is -1.96. The van der Waals surface area contributed by atoms with Crippen LogP contribution in [-0.2, 0) is 4.74 Å². The van der Waals surface area contributed by atoms with E-state index in [2.05, 4.69) is 20.4 Å². The van der Waals surface area contributed by atoms with Gasteiger partial charge in [0.25, 0.3) is 0 Å². The van der Waals surface area contributed by atoms with E-state index >= 15 is 0 Å². The first-order valence-electron chi connectivity index (χ1n) is 3.53. The molecule has 0 radical (unpaired) electrons. The van der Waals surface area contributed by atoms with Gasteiger partial charge in [-0.3, -0.25) is 0 Å². The normalized spacial score (nSPS) is 12.7. The Hall–Kier alpha value is -0.460. The van der Waals surface area contributed by atoms with Crippen molar-refractivity contribution < 1.29 is 4.74 Å². The average Bonchev–Trinajstić information content (AvgIpc) is 1.89. The van der Waals surface area contributed by atoms with E-state index in [-0.39, 0.29) is 0 Å². The Labute approximate surface area is 57.7 Å². The molecule has 1 unspecified atom stereocenters. The summed E-state index contributed by atoms with van der Waals surface area (Å²) in [7, 11) is 0. The zero-order valence-electron chi connectivity index (χ0n) is 6.39. The SMILES string of the molecule is C=COCCC(C)CC. The Morgan fingerprint density at radius 2 is 2.33 bits per heavy atom. The van der Waals surface area contributed by atoms with Crippen LogP contribution < -0.4 is 0 Å². The van der Waals surface area contributed by atoms with Gasteiger partial charge in [0.05, 0.1) is 12.9 Å². The Morgan fingerprint density at radius 3 is 2.78 bits per heavy atom. The number of ether oxygens (including phenoxy) is 1. The molecule has 9 heavy (non-hydrogen) atoms. The van der Waals surface area contributed by atoms with Gasteiger partial charge in [-0.05, 0) is 12.3 Å². The summed E-state index contributed by atoms with van der Waals surface area (Å²) in [5, 5.41) is 0. The third-order valence-corrected chi connectivity index (χ3v) is 1.54. The van der Waals surface area contributed by atoms with Crippen LogP contribution in [0.2, 0.25) is 0 Å². The summed E-state index contributed by atoms with van der Waals surface area (Å²) in [6.45, 7) is 8.70. The molecule has 1 heteroatoms. The molecule has 0 fully saturated rings. The Balaban J connectivity index is 2.96. The summed E-state index contributed by atoms with van der Waals surface area (Å²) in [6.07, 6.45) is 3.88. The second-order valence-electron chi connectivity index (χ2n) is 2.34. The van der Waals surface area contributed by atoms with Gasteiger partial charge in [0.15, 0.2) is 0 Å². The monoisotopic (exact) mass is 128 g/mol. The highest BCUT2D eigenvalue weighted by atomic mass is 16.5. The number of rotatable bonds is 5. The molecule has 0 rings (SSSR count). The fourth-order valence-electron chi connectivity index (χ4n) is 0.557. The minimum Gasteiger partial charge on any atom is -0.502 e. The minimum atomic E-state index is 0.782. The molecule has 0 bridgehead atoms. The van der Waals surface area contributed by atoms with Crippen LogP contribution in [0.3, 0.4) is 0 Å². The van der Waals surface area contributed by atoms with Gasteiger partial charge in [-0.2, -0.15) is 0 Å². The van der Waals surface area contributed by atoms with Crippen molar-refractivity contribution in [1.82, 2.24) is 0 Å². The summed E-state index contributed by atoms with van der Waals surface area (Å²) in [4.78, 5) is 0. The van der Waals surface area contributed by atoms with Crippen LogP contribution in [0.4, 0.5) is 0 Å².